The molecule has 19 heavy (non-hydrogen) atoms. The van der Waals surface area contributed by atoms with E-state index in [4.69, 9.17) is 4.74 Å². The number of carboxylic acid groups (broad SMARTS) is 1. The van der Waals surface area contributed by atoms with Gasteiger partial charge in [0, 0.05) is 11.8 Å². The monoisotopic (exact) mass is 262 g/mol. The fourth-order valence-electron chi connectivity index (χ4n) is 1.23. The van der Waals surface area contributed by atoms with Gasteiger partial charge >= 0.3 is 5.97 Å². The highest BCUT2D eigenvalue weighted by Gasteiger charge is 2.05. The second-order valence-corrected chi connectivity index (χ2v) is 3.44. The Bertz CT molecular complexity index is 504. The first kappa shape index (κ1) is 14.4. The van der Waals surface area contributed by atoms with Crippen molar-refractivity contribution < 1.29 is 24.2 Å². The molecule has 1 aromatic carbocycles. The molecule has 0 bridgehead atoms. The van der Waals surface area contributed by atoms with E-state index in [0.29, 0.717) is 17.3 Å². The van der Waals surface area contributed by atoms with Crippen molar-refractivity contribution in [3.63, 3.8) is 0 Å². The van der Waals surface area contributed by atoms with Gasteiger partial charge in [0.25, 0.3) is 0 Å². The Morgan fingerprint density at radius 1 is 1.21 bits per heavy atom. The minimum absolute atomic E-state index is 0.283. The molecule has 0 fully saturated rings. The molecule has 1 rings (SSSR count). The van der Waals surface area contributed by atoms with Crippen LogP contribution in [0.5, 0.6) is 0 Å². The third-order valence-corrected chi connectivity index (χ3v) is 2.03. The van der Waals surface area contributed by atoms with Crippen molar-refractivity contribution in [1.82, 2.24) is 0 Å². The summed E-state index contributed by atoms with van der Waals surface area (Å²) in [6, 6.07) is 6.01. The number of carbonyl (C=O) groups excluding carboxylic acids is 3. The van der Waals surface area contributed by atoms with Crippen molar-refractivity contribution in [2.24, 2.45) is 0 Å². The summed E-state index contributed by atoms with van der Waals surface area (Å²) in [5.74, 6) is -2.50. The third kappa shape index (κ3) is 5.03. The molecule has 0 atom stereocenters. The van der Waals surface area contributed by atoms with E-state index in [0.717, 1.165) is 6.08 Å². The van der Waals surface area contributed by atoms with Crippen molar-refractivity contribution in [2.75, 3.05) is 11.9 Å². The number of hydrogen-bond acceptors (Lipinski definition) is 5. The molecule has 0 aliphatic carbocycles. The van der Waals surface area contributed by atoms with Gasteiger partial charge in [-0.15, -0.1) is 0 Å². The van der Waals surface area contributed by atoms with Gasteiger partial charge in [0.05, 0.1) is 18.1 Å². The van der Waals surface area contributed by atoms with Crippen LogP contribution in [0.3, 0.4) is 0 Å². The van der Waals surface area contributed by atoms with Gasteiger partial charge in [-0.3, -0.25) is 4.79 Å². The highest BCUT2D eigenvalue weighted by molar-refractivity contribution is 6.02. The van der Waals surface area contributed by atoms with Gasteiger partial charge in [0.2, 0.25) is 5.91 Å². The molecule has 0 heterocycles. The predicted molar refractivity (Wildman–Crippen MR) is 65.2 cm³/mol. The van der Waals surface area contributed by atoms with E-state index < -0.39 is 17.8 Å². The van der Waals surface area contributed by atoms with Crippen LogP contribution in [0.4, 0.5) is 5.69 Å². The largest absolute Gasteiger partial charge is 0.545 e. The van der Waals surface area contributed by atoms with Crippen molar-refractivity contribution in [3.8, 4) is 0 Å². The number of esters is 1. The normalized spacial score (nSPS) is 10.2. The summed E-state index contributed by atoms with van der Waals surface area (Å²) in [5.41, 5.74) is 0.797. The summed E-state index contributed by atoms with van der Waals surface area (Å²) in [6.45, 7) is 1.99. The van der Waals surface area contributed by atoms with Crippen molar-refractivity contribution in [3.05, 3.63) is 42.0 Å². The van der Waals surface area contributed by atoms with Crippen LogP contribution in [-0.4, -0.2) is 24.5 Å². The van der Waals surface area contributed by atoms with Crippen LogP contribution < -0.4 is 10.4 Å². The van der Waals surface area contributed by atoms with Gasteiger partial charge < -0.3 is 20.0 Å². The highest BCUT2D eigenvalue weighted by Crippen LogP contribution is 2.10. The summed E-state index contributed by atoms with van der Waals surface area (Å²) in [5, 5.41) is 12.5. The van der Waals surface area contributed by atoms with E-state index in [2.05, 4.69) is 5.32 Å². The number of carboxylic acids is 1. The van der Waals surface area contributed by atoms with Crippen molar-refractivity contribution >= 4 is 23.5 Å². The Kier molecular flexibility index (Phi) is 5.28. The highest BCUT2D eigenvalue weighted by atomic mass is 16.5. The van der Waals surface area contributed by atoms with E-state index in [1.54, 1.807) is 6.92 Å². The molecule has 100 valence electrons. The zero-order valence-electron chi connectivity index (χ0n) is 10.2. The quantitative estimate of drug-likeness (QED) is 0.600. The van der Waals surface area contributed by atoms with E-state index in [1.165, 1.54) is 24.3 Å². The van der Waals surface area contributed by atoms with Crippen molar-refractivity contribution in [1.29, 1.82) is 0 Å². The molecule has 1 amide bonds. The lowest BCUT2D eigenvalue weighted by Crippen LogP contribution is -2.20. The standard InChI is InChI=1S/C13H13NO5/c1-2-19-13(18)9-3-5-10(6-4-9)14-11(15)7-8-12(16)17/h3-8H,2H2,1H3,(H,14,15)(H,16,17)/p-1/b8-7-. The number of anilines is 1. The molecule has 6 heteroatoms. The van der Waals surface area contributed by atoms with Gasteiger partial charge in [-0.05, 0) is 37.3 Å². The number of rotatable bonds is 5. The molecule has 0 unspecified atom stereocenters. The maximum Gasteiger partial charge on any atom is 0.338 e. The van der Waals surface area contributed by atoms with E-state index >= 15 is 0 Å². The fourth-order valence-corrected chi connectivity index (χ4v) is 1.23. The third-order valence-electron chi connectivity index (χ3n) is 2.03. The minimum atomic E-state index is -1.45. The fraction of sp³-hybridized carbons (Fsp3) is 0.154. The lowest BCUT2D eigenvalue weighted by atomic mass is 10.2. The van der Waals surface area contributed by atoms with Gasteiger partial charge in [-0.2, -0.15) is 0 Å². The first-order chi connectivity index (χ1) is 9.02. The molecule has 0 aromatic heterocycles. The molecule has 6 nitrogen and oxygen atoms in total. The second kappa shape index (κ2) is 6.95. The topological polar surface area (TPSA) is 95.5 Å². The smallest absolute Gasteiger partial charge is 0.338 e. The molecular weight excluding hydrogens is 250 g/mol. The molecule has 0 aliphatic rings. The van der Waals surface area contributed by atoms with Crippen LogP contribution in [0, 0.1) is 0 Å². The minimum Gasteiger partial charge on any atom is -0.545 e. The zero-order chi connectivity index (χ0) is 14.3. The number of benzene rings is 1. The van der Waals surface area contributed by atoms with Gasteiger partial charge in [0.1, 0.15) is 0 Å². The maximum atomic E-state index is 11.4. The van der Waals surface area contributed by atoms with Crippen LogP contribution in [-0.2, 0) is 14.3 Å². The lowest BCUT2D eigenvalue weighted by molar-refractivity contribution is -0.297. The van der Waals surface area contributed by atoms with Crippen LogP contribution in [0.15, 0.2) is 36.4 Å². The molecule has 0 aliphatic heterocycles. The van der Waals surface area contributed by atoms with Crippen LogP contribution >= 0.6 is 0 Å². The maximum absolute atomic E-state index is 11.4. The van der Waals surface area contributed by atoms with Crippen LogP contribution in [0.2, 0.25) is 0 Å². The Morgan fingerprint density at radius 3 is 2.37 bits per heavy atom. The SMILES string of the molecule is CCOC(=O)c1ccc(NC(=O)/C=C\C(=O)[O-])cc1. The van der Waals surface area contributed by atoms with E-state index in [1.807, 2.05) is 0 Å². The Hall–Kier alpha value is -2.63. The van der Waals surface area contributed by atoms with E-state index in [-0.39, 0.29) is 6.61 Å². The number of amides is 1. The molecule has 1 aromatic rings. The van der Waals surface area contributed by atoms with Crippen LogP contribution in [0.1, 0.15) is 17.3 Å². The summed E-state index contributed by atoms with van der Waals surface area (Å²) in [7, 11) is 0. The molecule has 1 N–H and O–H groups in total. The Balaban J connectivity index is 2.64. The summed E-state index contributed by atoms with van der Waals surface area (Å²) in [6.07, 6.45) is 1.47. The molecule has 0 radical (unpaired) electrons. The summed E-state index contributed by atoms with van der Waals surface area (Å²) >= 11 is 0. The van der Waals surface area contributed by atoms with Gasteiger partial charge in [0.15, 0.2) is 0 Å². The number of hydrogen-bond donors (Lipinski definition) is 1. The molecule has 0 saturated heterocycles. The van der Waals surface area contributed by atoms with Crippen LogP contribution in [0.25, 0.3) is 0 Å². The van der Waals surface area contributed by atoms with Gasteiger partial charge in [-0.1, -0.05) is 0 Å². The zero-order valence-corrected chi connectivity index (χ0v) is 10.2. The number of carbonyl (C=O) groups is 3. The molecular formula is C13H12NO5-. The molecule has 0 spiro atoms. The lowest BCUT2D eigenvalue weighted by Gasteiger charge is -2.04. The average molecular weight is 262 g/mol. The second-order valence-electron chi connectivity index (χ2n) is 3.44. The average Bonchev–Trinajstić information content (AvgIpc) is 2.37. The predicted octanol–water partition coefficient (Wildman–Crippen LogP) is 0.108. The molecule has 0 saturated carbocycles. The number of aliphatic carboxylic acids is 1. The summed E-state index contributed by atoms with van der Waals surface area (Å²) in [4.78, 5) is 32.7. The van der Waals surface area contributed by atoms with Crippen molar-refractivity contribution in [2.45, 2.75) is 6.92 Å². The Labute approximate surface area is 109 Å². The number of nitrogens with one attached hydrogen (secondary N) is 1. The first-order valence-electron chi connectivity index (χ1n) is 5.50. The Morgan fingerprint density at radius 2 is 1.84 bits per heavy atom. The first-order valence-corrected chi connectivity index (χ1v) is 5.50. The summed E-state index contributed by atoms with van der Waals surface area (Å²) < 4.78 is 4.80. The number of ether oxygens (including phenoxy) is 1. The van der Waals surface area contributed by atoms with E-state index in [9.17, 15) is 19.5 Å². The van der Waals surface area contributed by atoms with Gasteiger partial charge in [-0.25, -0.2) is 4.79 Å².